The Kier molecular flexibility index (Phi) is 7.18. The van der Waals surface area contributed by atoms with Crippen molar-refractivity contribution in [3.63, 3.8) is 0 Å². The van der Waals surface area contributed by atoms with Gasteiger partial charge in [-0.2, -0.15) is 0 Å². The number of rotatable bonds is 6. The largest absolute Gasteiger partial charge is 0.340 e. The quantitative estimate of drug-likeness (QED) is 0.609. The Morgan fingerprint density at radius 1 is 0.971 bits per heavy atom. The van der Waals surface area contributed by atoms with Gasteiger partial charge in [0.1, 0.15) is 11.9 Å². The molecule has 1 N–H and O–H groups in total. The lowest BCUT2D eigenvalue weighted by molar-refractivity contribution is -0.134. The summed E-state index contributed by atoms with van der Waals surface area (Å²) < 4.78 is 14.9. The molecule has 2 amide bonds. The van der Waals surface area contributed by atoms with Crippen LogP contribution in [0.5, 0.6) is 0 Å². The van der Waals surface area contributed by atoms with Crippen molar-refractivity contribution in [2.24, 2.45) is 0 Å². The summed E-state index contributed by atoms with van der Waals surface area (Å²) in [5.74, 6) is -1.10. The first kappa shape index (κ1) is 23.4. The summed E-state index contributed by atoms with van der Waals surface area (Å²) in [6.07, 6.45) is 1.72. The van der Waals surface area contributed by atoms with E-state index in [1.807, 2.05) is 37.4 Å². The maximum absolute atomic E-state index is 13.7. The van der Waals surface area contributed by atoms with Crippen molar-refractivity contribution in [1.29, 1.82) is 0 Å². The second-order valence-electron chi connectivity index (χ2n) is 8.45. The van der Waals surface area contributed by atoms with Crippen molar-refractivity contribution in [2.45, 2.75) is 12.5 Å². The van der Waals surface area contributed by atoms with Crippen LogP contribution in [0.1, 0.15) is 15.9 Å². The Morgan fingerprint density at radius 2 is 1.71 bits per heavy atom. The molecule has 1 aliphatic rings. The number of hydrogen-bond acceptors (Lipinski definition) is 4. The van der Waals surface area contributed by atoms with E-state index in [1.165, 1.54) is 41.1 Å². The van der Waals surface area contributed by atoms with Crippen LogP contribution in [0.2, 0.25) is 0 Å². The maximum atomic E-state index is 13.7. The van der Waals surface area contributed by atoms with E-state index in [2.05, 4.69) is 10.2 Å². The first-order valence-corrected chi connectivity index (χ1v) is 11.2. The minimum atomic E-state index is -0.757. The third-order valence-corrected chi connectivity index (χ3v) is 5.96. The van der Waals surface area contributed by atoms with Gasteiger partial charge in [-0.15, -0.1) is 0 Å². The standard InChI is InChI=1S/C26H27FN4O3/c1-29-12-14-30(15-13-29)26(34)23(16-19-6-3-2-4-7-19)28-25(33)20-10-11-24(32)31(18-20)22-9-5-8-21(27)17-22/h2-11,17-18,23H,12-16H2,1H3,(H,28,33). The van der Waals surface area contributed by atoms with Gasteiger partial charge in [-0.05, 0) is 36.9 Å². The van der Waals surface area contributed by atoms with E-state index < -0.39 is 23.3 Å². The van der Waals surface area contributed by atoms with E-state index in [0.717, 1.165) is 18.7 Å². The molecule has 1 atom stereocenters. The normalized spacial score (nSPS) is 15.1. The summed E-state index contributed by atoms with van der Waals surface area (Å²) in [4.78, 5) is 42.8. The Hall–Kier alpha value is -3.78. The van der Waals surface area contributed by atoms with Crippen LogP contribution in [0.25, 0.3) is 5.69 Å². The Balaban J connectivity index is 1.58. The van der Waals surface area contributed by atoms with E-state index in [4.69, 9.17) is 0 Å². The van der Waals surface area contributed by atoms with E-state index in [9.17, 15) is 18.8 Å². The van der Waals surface area contributed by atoms with Gasteiger partial charge in [0, 0.05) is 44.9 Å². The monoisotopic (exact) mass is 462 g/mol. The van der Waals surface area contributed by atoms with Gasteiger partial charge in [0.05, 0.1) is 11.3 Å². The second kappa shape index (κ2) is 10.4. The number of carbonyl (C=O) groups excluding carboxylic acids is 2. The van der Waals surface area contributed by atoms with Crippen LogP contribution in [0.15, 0.2) is 77.7 Å². The van der Waals surface area contributed by atoms with Crippen molar-refractivity contribution in [1.82, 2.24) is 19.7 Å². The maximum Gasteiger partial charge on any atom is 0.255 e. The topological polar surface area (TPSA) is 74.7 Å². The smallest absolute Gasteiger partial charge is 0.255 e. The lowest BCUT2D eigenvalue weighted by Gasteiger charge is -2.34. The van der Waals surface area contributed by atoms with Gasteiger partial charge in [-0.1, -0.05) is 36.4 Å². The van der Waals surface area contributed by atoms with E-state index >= 15 is 0 Å². The van der Waals surface area contributed by atoms with Crippen molar-refractivity contribution in [2.75, 3.05) is 33.2 Å². The lowest BCUT2D eigenvalue weighted by atomic mass is 10.0. The Labute approximate surface area is 197 Å². The number of amides is 2. The number of nitrogens with zero attached hydrogens (tertiary/aromatic N) is 3. The fourth-order valence-corrected chi connectivity index (χ4v) is 3.99. The van der Waals surface area contributed by atoms with Gasteiger partial charge in [0.2, 0.25) is 5.91 Å². The van der Waals surface area contributed by atoms with Gasteiger partial charge in [0.15, 0.2) is 0 Å². The third kappa shape index (κ3) is 5.58. The van der Waals surface area contributed by atoms with E-state index in [-0.39, 0.29) is 11.5 Å². The van der Waals surface area contributed by atoms with Gasteiger partial charge in [0.25, 0.3) is 11.5 Å². The molecule has 4 rings (SSSR count). The molecule has 0 aliphatic carbocycles. The molecule has 2 aromatic carbocycles. The molecule has 0 radical (unpaired) electrons. The summed E-state index contributed by atoms with van der Waals surface area (Å²) in [5, 5.41) is 2.87. The van der Waals surface area contributed by atoms with Crippen LogP contribution < -0.4 is 10.9 Å². The summed E-state index contributed by atoms with van der Waals surface area (Å²) in [5.41, 5.74) is 1.05. The number of carbonyl (C=O) groups is 2. The molecular weight excluding hydrogens is 435 g/mol. The minimum Gasteiger partial charge on any atom is -0.340 e. The van der Waals surface area contributed by atoms with Gasteiger partial charge >= 0.3 is 0 Å². The van der Waals surface area contributed by atoms with E-state index in [0.29, 0.717) is 25.2 Å². The molecule has 2 heterocycles. The average Bonchev–Trinajstić information content (AvgIpc) is 2.84. The highest BCUT2D eigenvalue weighted by Crippen LogP contribution is 2.12. The Morgan fingerprint density at radius 3 is 2.41 bits per heavy atom. The summed E-state index contributed by atoms with van der Waals surface area (Å²) in [6.45, 7) is 2.74. The molecule has 1 aromatic heterocycles. The van der Waals surface area contributed by atoms with Crippen LogP contribution in [0.4, 0.5) is 4.39 Å². The molecule has 1 saturated heterocycles. The zero-order chi connectivity index (χ0) is 24.1. The van der Waals surface area contributed by atoms with Crippen molar-refractivity contribution >= 4 is 11.8 Å². The van der Waals surface area contributed by atoms with Crippen molar-refractivity contribution < 1.29 is 14.0 Å². The molecule has 0 bridgehead atoms. The highest BCUT2D eigenvalue weighted by Gasteiger charge is 2.28. The van der Waals surface area contributed by atoms with Crippen LogP contribution >= 0.6 is 0 Å². The molecule has 34 heavy (non-hydrogen) atoms. The number of benzene rings is 2. The predicted octanol–water partition coefficient (Wildman–Crippen LogP) is 2.09. The molecule has 176 valence electrons. The molecule has 3 aromatic rings. The minimum absolute atomic E-state index is 0.135. The fourth-order valence-electron chi connectivity index (χ4n) is 3.99. The molecule has 0 saturated carbocycles. The molecule has 1 fully saturated rings. The fraction of sp³-hybridized carbons (Fsp3) is 0.269. The van der Waals surface area contributed by atoms with E-state index in [1.54, 1.807) is 11.0 Å². The lowest BCUT2D eigenvalue weighted by Crippen LogP contribution is -2.55. The zero-order valence-electron chi connectivity index (χ0n) is 19.0. The van der Waals surface area contributed by atoms with Crippen LogP contribution in [-0.4, -0.2) is 65.4 Å². The van der Waals surface area contributed by atoms with Crippen molar-refractivity contribution in [3.8, 4) is 5.69 Å². The van der Waals surface area contributed by atoms with Crippen molar-refractivity contribution in [3.05, 3.63) is 100 Å². The number of nitrogens with one attached hydrogen (secondary N) is 1. The van der Waals surface area contributed by atoms with Gasteiger partial charge < -0.3 is 15.1 Å². The number of likely N-dealkylation sites (N-methyl/N-ethyl adjacent to an activating group) is 1. The SMILES string of the molecule is CN1CCN(C(=O)C(Cc2ccccc2)NC(=O)c2ccc(=O)n(-c3cccc(F)c3)c2)CC1. The average molecular weight is 463 g/mol. The highest BCUT2D eigenvalue weighted by molar-refractivity contribution is 5.97. The van der Waals surface area contributed by atoms with Crippen LogP contribution in [-0.2, 0) is 11.2 Å². The summed E-state index contributed by atoms with van der Waals surface area (Å²) >= 11 is 0. The molecule has 8 heteroatoms. The summed E-state index contributed by atoms with van der Waals surface area (Å²) in [6, 6.07) is 17.0. The number of piperazine rings is 1. The zero-order valence-corrected chi connectivity index (χ0v) is 19.0. The molecule has 1 unspecified atom stereocenters. The van der Waals surface area contributed by atoms with Crippen LogP contribution in [0.3, 0.4) is 0 Å². The predicted molar refractivity (Wildman–Crippen MR) is 127 cm³/mol. The van der Waals surface area contributed by atoms with Crippen LogP contribution in [0, 0.1) is 5.82 Å². The second-order valence-corrected chi connectivity index (χ2v) is 8.45. The van der Waals surface area contributed by atoms with Gasteiger partial charge in [-0.25, -0.2) is 4.39 Å². The highest BCUT2D eigenvalue weighted by atomic mass is 19.1. The first-order chi connectivity index (χ1) is 16.4. The third-order valence-electron chi connectivity index (χ3n) is 5.96. The van der Waals surface area contributed by atoms with Gasteiger partial charge in [-0.3, -0.25) is 19.0 Å². The number of hydrogen-bond donors (Lipinski definition) is 1. The molecular formula is C26H27FN4O3. The number of pyridine rings is 1. The number of halogens is 1. The Bertz CT molecular complexity index is 1220. The summed E-state index contributed by atoms with van der Waals surface area (Å²) in [7, 11) is 2.01. The molecule has 0 spiro atoms. The molecule has 7 nitrogen and oxygen atoms in total. The number of aromatic nitrogens is 1. The first-order valence-electron chi connectivity index (χ1n) is 11.2. The molecule has 1 aliphatic heterocycles.